The number of rotatable bonds is 6. The number of imidazole rings is 1. The smallest absolute Gasteiger partial charge is 0.223 e. The first-order valence-electron chi connectivity index (χ1n) is 8.07. The van der Waals surface area contributed by atoms with Crippen molar-refractivity contribution in [2.45, 2.75) is 38.1 Å². The summed E-state index contributed by atoms with van der Waals surface area (Å²) in [6.45, 7) is 2.08. The van der Waals surface area contributed by atoms with Crippen LogP contribution in [0.4, 0.5) is 0 Å². The van der Waals surface area contributed by atoms with Crippen molar-refractivity contribution in [1.82, 2.24) is 19.4 Å². The molecule has 0 radical (unpaired) electrons. The summed E-state index contributed by atoms with van der Waals surface area (Å²) >= 11 is 1.58. The molecule has 0 bridgehead atoms. The minimum absolute atomic E-state index is 0.00360. The fourth-order valence-corrected chi connectivity index (χ4v) is 3.66. The van der Waals surface area contributed by atoms with Gasteiger partial charge in [0.1, 0.15) is 5.82 Å². The predicted molar refractivity (Wildman–Crippen MR) is 90.4 cm³/mol. The second-order valence-corrected chi connectivity index (χ2v) is 6.76. The second kappa shape index (κ2) is 7.57. The quantitative estimate of drug-likeness (QED) is 0.853. The lowest BCUT2D eigenvalue weighted by Gasteiger charge is -2.32. The highest BCUT2D eigenvalue weighted by atomic mass is 32.1. The molecule has 2 amide bonds. The minimum atomic E-state index is -0.435. The van der Waals surface area contributed by atoms with Crippen molar-refractivity contribution in [1.29, 1.82) is 0 Å². The van der Waals surface area contributed by atoms with Gasteiger partial charge < -0.3 is 15.2 Å². The molecule has 3 heterocycles. The van der Waals surface area contributed by atoms with E-state index in [1.54, 1.807) is 17.5 Å². The molecule has 2 aromatic heterocycles. The van der Waals surface area contributed by atoms with Gasteiger partial charge in [0.2, 0.25) is 11.8 Å². The third-order valence-corrected chi connectivity index (χ3v) is 4.92. The number of nitrogens with two attached hydrogens (primary N) is 1. The normalized spacial score (nSPS) is 17.8. The summed E-state index contributed by atoms with van der Waals surface area (Å²) < 4.78 is 2.11. The van der Waals surface area contributed by atoms with Crippen molar-refractivity contribution in [3.63, 3.8) is 0 Å². The topological polar surface area (TPSA) is 94.1 Å². The van der Waals surface area contributed by atoms with E-state index in [0.29, 0.717) is 13.1 Å². The van der Waals surface area contributed by atoms with Gasteiger partial charge in [0.05, 0.1) is 17.7 Å². The number of primary amides is 1. The number of hydrogen-bond donors (Lipinski definition) is 1. The van der Waals surface area contributed by atoms with Crippen molar-refractivity contribution in [2.24, 2.45) is 5.73 Å². The van der Waals surface area contributed by atoms with E-state index in [4.69, 9.17) is 5.73 Å². The Kier molecular flexibility index (Phi) is 5.24. The lowest BCUT2D eigenvalue weighted by Crippen LogP contribution is -2.40. The van der Waals surface area contributed by atoms with E-state index in [2.05, 4.69) is 14.5 Å². The van der Waals surface area contributed by atoms with Crippen LogP contribution in [-0.2, 0) is 16.1 Å². The van der Waals surface area contributed by atoms with Crippen molar-refractivity contribution in [3.8, 4) is 0 Å². The average molecular weight is 347 g/mol. The lowest BCUT2D eigenvalue weighted by molar-refractivity contribution is -0.134. The number of likely N-dealkylation sites (tertiary alicyclic amines) is 1. The molecule has 0 unspecified atom stereocenters. The molecule has 1 atom stereocenters. The third-order valence-electron chi connectivity index (χ3n) is 4.29. The van der Waals surface area contributed by atoms with E-state index in [0.717, 1.165) is 30.9 Å². The molecule has 1 aliphatic heterocycles. The van der Waals surface area contributed by atoms with E-state index in [1.165, 1.54) is 0 Å². The summed E-state index contributed by atoms with van der Waals surface area (Å²) in [4.78, 5) is 33.8. The Morgan fingerprint density at radius 2 is 2.21 bits per heavy atom. The molecule has 7 nitrogen and oxygen atoms in total. The van der Waals surface area contributed by atoms with Crippen LogP contribution in [0.2, 0.25) is 0 Å². The van der Waals surface area contributed by atoms with E-state index in [1.807, 2.05) is 22.0 Å². The van der Waals surface area contributed by atoms with E-state index < -0.39 is 5.91 Å². The summed E-state index contributed by atoms with van der Waals surface area (Å²) in [6, 6.07) is 0. The molecule has 3 rings (SSSR count). The number of carbonyl (C=O) groups excluding carboxylic acids is 2. The molecular formula is C16H21N5O2S. The van der Waals surface area contributed by atoms with Gasteiger partial charge in [0, 0.05) is 49.6 Å². The van der Waals surface area contributed by atoms with Gasteiger partial charge in [-0.1, -0.05) is 0 Å². The minimum Gasteiger partial charge on any atom is -0.370 e. The van der Waals surface area contributed by atoms with Crippen LogP contribution in [0.25, 0.3) is 0 Å². The van der Waals surface area contributed by atoms with Crippen LogP contribution >= 0.6 is 11.3 Å². The fraction of sp³-hybridized carbons (Fsp3) is 0.500. The van der Waals surface area contributed by atoms with E-state index >= 15 is 0 Å². The van der Waals surface area contributed by atoms with Gasteiger partial charge in [-0.15, -0.1) is 11.3 Å². The van der Waals surface area contributed by atoms with Crippen LogP contribution in [0.1, 0.15) is 43.1 Å². The highest BCUT2D eigenvalue weighted by Gasteiger charge is 2.27. The summed E-state index contributed by atoms with van der Waals surface area (Å²) in [5.74, 6) is 0.770. The molecule has 2 aromatic rings. The lowest BCUT2D eigenvalue weighted by atomic mass is 9.96. The van der Waals surface area contributed by atoms with Crippen LogP contribution in [0.3, 0.4) is 0 Å². The van der Waals surface area contributed by atoms with Crippen LogP contribution in [0.15, 0.2) is 23.3 Å². The maximum absolute atomic E-state index is 12.2. The third kappa shape index (κ3) is 4.00. The molecule has 128 valence electrons. The highest BCUT2D eigenvalue weighted by molar-refractivity contribution is 7.07. The molecule has 0 aliphatic carbocycles. The van der Waals surface area contributed by atoms with Gasteiger partial charge in [-0.3, -0.25) is 9.59 Å². The van der Waals surface area contributed by atoms with Crippen molar-refractivity contribution < 1.29 is 9.59 Å². The molecule has 1 saturated heterocycles. The fourth-order valence-electron chi connectivity index (χ4n) is 3.11. The van der Waals surface area contributed by atoms with Crippen molar-refractivity contribution in [3.05, 3.63) is 34.8 Å². The van der Waals surface area contributed by atoms with Crippen LogP contribution in [0.5, 0.6) is 0 Å². The summed E-state index contributed by atoms with van der Waals surface area (Å²) in [6.07, 6.45) is 6.01. The van der Waals surface area contributed by atoms with Gasteiger partial charge in [-0.05, 0) is 12.8 Å². The maximum Gasteiger partial charge on any atom is 0.223 e. The predicted octanol–water partition coefficient (Wildman–Crippen LogP) is 1.36. The zero-order valence-electron chi connectivity index (χ0n) is 13.4. The van der Waals surface area contributed by atoms with E-state index in [-0.39, 0.29) is 24.7 Å². The first-order valence-corrected chi connectivity index (χ1v) is 9.02. The maximum atomic E-state index is 12.2. The van der Waals surface area contributed by atoms with Crippen LogP contribution in [0, 0.1) is 0 Å². The number of nitrogens with zero attached hydrogens (tertiary/aromatic N) is 4. The number of amides is 2. The Morgan fingerprint density at radius 1 is 1.33 bits per heavy atom. The number of carbonyl (C=O) groups is 2. The molecule has 2 N–H and O–H groups in total. The number of hydrogen-bond acceptors (Lipinski definition) is 5. The van der Waals surface area contributed by atoms with Crippen LogP contribution < -0.4 is 5.73 Å². The van der Waals surface area contributed by atoms with E-state index in [9.17, 15) is 9.59 Å². The molecule has 8 heteroatoms. The highest BCUT2D eigenvalue weighted by Crippen LogP contribution is 2.26. The Bertz CT molecular complexity index is 697. The summed E-state index contributed by atoms with van der Waals surface area (Å²) in [7, 11) is 0. The number of piperidine rings is 1. The molecule has 1 aliphatic rings. The van der Waals surface area contributed by atoms with Gasteiger partial charge in [0.25, 0.3) is 0 Å². The van der Waals surface area contributed by atoms with Gasteiger partial charge >= 0.3 is 0 Å². The zero-order chi connectivity index (χ0) is 16.9. The first-order chi connectivity index (χ1) is 11.6. The standard InChI is InChI=1S/C16H21N5O2S/c17-14(22)3-4-15(23)20-6-1-2-12(8-20)16-18-5-7-21(16)9-13-10-24-11-19-13/h5,7,10-12H,1-4,6,8-9H2,(H2,17,22)/t12-/m0/s1. The number of aromatic nitrogens is 3. The SMILES string of the molecule is NC(=O)CCC(=O)N1CCC[C@H](c2nccn2Cc2cscn2)C1. The molecule has 0 saturated carbocycles. The van der Waals surface area contributed by atoms with Crippen molar-refractivity contribution >= 4 is 23.2 Å². The first kappa shape index (κ1) is 16.6. The largest absolute Gasteiger partial charge is 0.370 e. The van der Waals surface area contributed by atoms with Gasteiger partial charge in [0.15, 0.2) is 0 Å². The van der Waals surface area contributed by atoms with Gasteiger partial charge in [-0.2, -0.15) is 0 Å². The molecule has 0 aromatic carbocycles. The Hall–Kier alpha value is -2.22. The van der Waals surface area contributed by atoms with Crippen molar-refractivity contribution in [2.75, 3.05) is 13.1 Å². The molecular weight excluding hydrogens is 326 g/mol. The Morgan fingerprint density at radius 3 is 2.96 bits per heavy atom. The summed E-state index contributed by atoms with van der Waals surface area (Å²) in [5, 5.41) is 2.03. The molecule has 1 fully saturated rings. The monoisotopic (exact) mass is 347 g/mol. The second-order valence-electron chi connectivity index (χ2n) is 6.04. The van der Waals surface area contributed by atoms with Gasteiger partial charge in [-0.25, -0.2) is 9.97 Å². The van der Waals surface area contributed by atoms with Crippen LogP contribution in [-0.4, -0.2) is 44.3 Å². The Balaban J connectivity index is 1.66. The molecule has 0 spiro atoms. The zero-order valence-corrected chi connectivity index (χ0v) is 14.2. The average Bonchev–Trinajstić information content (AvgIpc) is 3.25. The molecule has 24 heavy (non-hydrogen) atoms. The Labute approximate surface area is 144 Å². The number of thiazole rings is 1. The summed E-state index contributed by atoms with van der Waals surface area (Å²) in [5.41, 5.74) is 7.97.